The Bertz CT molecular complexity index is 806. The molecule has 1 aromatic heterocycles. The van der Waals surface area contributed by atoms with Gasteiger partial charge in [-0.25, -0.2) is 10.5 Å². The van der Waals surface area contributed by atoms with Crippen LogP contribution in [-0.4, -0.2) is 23.1 Å². The standard InChI is InChI=1S/C18H17N3O2S/c1-21(18-19-10-11-24-18)15-9-5-8-14(12-15)16(17(22)20-23)13-6-3-2-4-7-13/h2-12,16,23H,1H3,(H,20,22). The monoisotopic (exact) mass is 339 g/mol. The van der Waals surface area contributed by atoms with Crippen molar-refractivity contribution in [1.29, 1.82) is 0 Å². The molecule has 3 aromatic rings. The van der Waals surface area contributed by atoms with E-state index >= 15 is 0 Å². The van der Waals surface area contributed by atoms with Crippen LogP contribution in [0.5, 0.6) is 0 Å². The summed E-state index contributed by atoms with van der Waals surface area (Å²) in [4.78, 5) is 18.5. The van der Waals surface area contributed by atoms with Gasteiger partial charge < -0.3 is 4.90 Å². The molecule has 0 saturated carbocycles. The van der Waals surface area contributed by atoms with Crippen LogP contribution >= 0.6 is 11.3 Å². The normalized spacial score (nSPS) is 11.8. The number of thiazole rings is 1. The third-order valence-corrected chi connectivity index (χ3v) is 4.65. The molecule has 3 rings (SSSR count). The first kappa shape index (κ1) is 16.2. The fraction of sp³-hybridized carbons (Fsp3) is 0.111. The average molecular weight is 339 g/mol. The molecule has 2 N–H and O–H groups in total. The van der Waals surface area contributed by atoms with Crippen LogP contribution in [0.3, 0.4) is 0 Å². The van der Waals surface area contributed by atoms with E-state index in [9.17, 15) is 4.79 Å². The lowest BCUT2D eigenvalue weighted by molar-refractivity contribution is -0.129. The maximum absolute atomic E-state index is 12.2. The first-order valence-electron chi connectivity index (χ1n) is 7.43. The van der Waals surface area contributed by atoms with Crippen molar-refractivity contribution in [2.24, 2.45) is 0 Å². The zero-order valence-corrected chi connectivity index (χ0v) is 13.9. The number of carbonyl (C=O) groups excluding carboxylic acids is 1. The molecule has 1 heterocycles. The van der Waals surface area contributed by atoms with Gasteiger partial charge in [-0.05, 0) is 23.3 Å². The van der Waals surface area contributed by atoms with E-state index in [-0.39, 0.29) is 0 Å². The van der Waals surface area contributed by atoms with Gasteiger partial charge in [0.1, 0.15) is 0 Å². The van der Waals surface area contributed by atoms with Gasteiger partial charge in [0, 0.05) is 24.3 Å². The molecule has 2 aromatic carbocycles. The van der Waals surface area contributed by atoms with E-state index in [1.165, 1.54) is 0 Å². The van der Waals surface area contributed by atoms with Crippen LogP contribution in [-0.2, 0) is 4.79 Å². The number of hydroxylamine groups is 1. The number of amides is 1. The van der Waals surface area contributed by atoms with Gasteiger partial charge >= 0.3 is 0 Å². The zero-order chi connectivity index (χ0) is 16.9. The van der Waals surface area contributed by atoms with Crippen LogP contribution < -0.4 is 10.4 Å². The third-order valence-electron chi connectivity index (χ3n) is 3.80. The topological polar surface area (TPSA) is 65.5 Å². The summed E-state index contributed by atoms with van der Waals surface area (Å²) in [5.41, 5.74) is 4.32. The number of nitrogens with zero attached hydrogens (tertiary/aromatic N) is 2. The molecular formula is C18H17N3O2S. The SMILES string of the molecule is CN(c1cccc(C(C(=O)NO)c2ccccc2)c1)c1nccs1. The predicted octanol–water partition coefficient (Wildman–Crippen LogP) is 3.55. The van der Waals surface area contributed by atoms with Crippen LogP contribution in [0.4, 0.5) is 10.8 Å². The van der Waals surface area contributed by atoms with E-state index in [1.54, 1.807) is 23.0 Å². The number of benzene rings is 2. The molecule has 122 valence electrons. The molecule has 0 fully saturated rings. The van der Waals surface area contributed by atoms with Crippen LogP contribution in [0.1, 0.15) is 17.0 Å². The van der Waals surface area contributed by atoms with Gasteiger partial charge in [0.25, 0.3) is 5.91 Å². The minimum absolute atomic E-state index is 0.463. The molecule has 0 aliphatic carbocycles. The summed E-state index contributed by atoms with van der Waals surface area (Å²) in [5.74, 6) is -1.05. The van der Waals surface area contributed by atoms with E-state index in [1.807, 2.05) is 71.9 Å². The molecule has 5 nitrogen and oxygen atoms in total. The molecule has 0 aliphatic rings. The molecular weight excluding hydrogens is 322 g/mol. The van der Waals surface area contributed by atoms with Crippen LogP contribution in [0.2, 0.25) is 0 Å². The Balaban J connectivity index is 2.00. The molecule has 6 heteroatoms. The second-order valence-electron chi connectivity index (χ2n) is 5.29. The van der Waals surface area contributed by atoms with Crippen molar-refractivity contribution < 1.29 is 10.0 Å². The molecule has 0 bridgehead atoms. The van der Waals surface area contributed by atoms with Crippen LogP contribution in [0, 0.1) is 0 Å². The van der Waals surface area contributed by atoms with E-state index in [0.717, 1.165) is 21.9 Å². The average Bonchev–Trinajstić information content (AvgIpc) is 3.17. The van der Waals surface area contributed by atoms with Gasteiger partial charge in [-0.1, -0.05) is 42.5 Å². The van der Waals surface area contributed by atoms with Gasteiger partial charge in [-0.2, -0.15) is 0 Å². The van der Waals surface area contributed by atoms with E-state index < -0.39 is 11.8 Å². The minimum Gasteiger partial charge on any atom is -0.321 e. The highest BCUT2D eigenvalue weighted by Gasteiger charge is 2.23. The van der Waals surface area contributed by atoms with Crippen LogP contribution in [0.25, 0.3) is 0 Å². The van der Waals surface area contributed by atoms with Gasteiger partial charge in [-0.3, -0.25) is 10.0 Å². The summed E-state index contributed by atoms with van der Waals surface area (Å²) in [6.45, 7) is 0. The number of anilines is 2. The first-order chi connectivity index (χ1) is 11.7. The first-order valence-corrected chi connectivity index (χ1v) is 8.30. The Morgan fingerprint density at radius 1 is 1.17 bits per heavy atom. The van der Waals surface area contributed by atoms with Crippen molar-refractivity contribution in [3.63, 3.8) is 0 Å². The third kappa shape index (κ3) is 3.29. The second-order valence-corrected chi connectivity index (χ2v) is 6.16. The Morgan fingerprint density at radius 3 is 2.58 bits per heavy atom. The molecule has 0 aliphatic heterocycles. The second kappa shape index (κ2) is 7.25. The maximum atomic E-state index is 12.2. The number of rotatable bonds is 5. The molecule has 0 spiro atoms. The predicted molar refractivity (Wildman–Crippen MR) is 94.8 cm³/mol. The molecule has 0 radical (unpaired) electrons. The number of hydrogen-bond donors (Lipinski definition) is 2. The van der Waals surface area contributed by atoms with E-state index in [2.05, 4.69) is 4.98 Å². The Hall–Kier alpha value is -2.70. The highest BCUT2D eigenvalue weighted by atomic mass is 32.1. The lowest BCUT2D eigenvalue weighted by atomic mass is 9.90. The van der Waals surface area contributed by atoms with Crippen molar-refractivity contribution >= 4 is 28.1 Å². The number of aromatic nitrogens is 1. The van der Waals surface area contributed by atoms with Crippen LogP contribution in [0.15, 0.2) is 66.2 Å². The maximum Gasteiger partial charge on any atom is 0.255 e. The Kier molecular flexibility index (Phi) is 4.88. The highest BCUT2D eigenvalue weighted by Crippen LogP contribution is 2.31. The largest absolute Gasteiger partial charge is 0.321 e. The molecule has 1 amide bonds. The summed E-state index contributed by atoms with van der Waals surface area (Å²) in [6, 6.07) is 17.1. The molecule has 1 unspecified atom stereocenters. The lowest BCUT2D eigenvalue weighted by Gasteiger charge is -2.20. The van der Waals surface area contributed by atoms with Crippen molar-refractivity contribution in [1.82, 2.24) is 10.5 Å². The zero-order valence-electron chi connectivity index (χ0n) is 13.1. The van der Waals surface area contributed by atoms with Crippen molar-refractivity contribution in [2.45, 2.75) is 5.92 Å². The Labute approximate surface area is 144 Å². The molecule has 24 heavy (non-hydrogen) atoms. The van der Waals surface area contributed by atoms with E-state index in [0.29, 0.717) is 0 Å². The summed E-state index contributed by atoms with van der Waals surface area (Å²) in [6.07, 6.45) is 1.76. The number of nitrogens with one attached hydrogen (secondary N) is 1. The summed E-state index contributed by atoms with van der Waals surface area (Å²) >= 11 is 1.54. The summed E-state index contributed by atoms with van der Waals surface area (Å²) < 4.78 is 0. The summed E-state index contributed by atoms with van der Waals surface area (Å²) in [7, 11) is 1.93. The fourth-order valence-corrected chi connectivity index (χ4v) is 3.24. The molecule has 0 saturated heterocycles. The van der Waals surface area contributed by atoms with Crippen molar-refractivity contribution in [2.75, 3.05) is 11.9 Å². The fourth-order valence-electron chi connectivity index (χ4n) is 2.61. The smallest absolute Gasteiger partial charge is 0.255 e. The number of hydrogen-bond acceptors (Lipinski definition) is 5. The van der Waals surface area contributed by atoms with Gasteiger partial charge in [0.15, 0.2) is 5.13 Å². The Morgan fingerprint density at radius 2 is 1.92 bits per heavy atom. The van der Waals surface area contributed by atoms with Crippen molar-refractivity contribution in [3.05, 3.63) is 77.3 Å². The van der Waals surface area contributed by atoms with Crippen molar-refractivity contribution in [3.8, 4) is 0 Å². The highest BCUT2D eigenvalue weighted by molar-refractivity contribution is 7.13. The summed E-state index contributed by atoms with van der Waals surface area (Å²) in [5, 5.41) is 11.9. The van der Waals surface area contributed by atoms with Gasteiger partial charge in [-0.15, -0.1) is 11.3 Å². The van der Waals surface area contributed by atoms with Gasteiger partial charge in [0.05, 0.1) is 5.92 Å². The minimum atomic E-state index is -0.583. The van der Waals surface area contributed by atoms with Gasteiger partial charge in [0.2, 0.25) is 0 Å². The number of carbonyl (C=O) groups is 1. The lowest BCUT2D eigenvalue weighted by Crippen LogP contribution is -2.27. The molecule has 1 atom stereocenters. The van der Waals surface area contributed by atoms with E-state index in [4.69, 9.17) is 5.21 Å². The quantitative estimate of drug-likeness (QED) is 0.551.